The second-order valence-corrected chi connectivity index (χ2v) is 6.33. The molecule has 0 aromatic carbocycles. The van der Waals surface area contributed by atoms with E-state index in [0.717, 1.165) is 25.9 Å². The molecule has 1 saturated heterocycles. The largest absolute Gasteiger partial charge is 0.396 e. The van der Waals surface area contributed by atoms with E-state index >= 15 is 0 Å². The summed E-state index contributed by atoms with van der Waals surface area (Å²) >= 11 is 0. The summed E-state index contributed by atoms with van der Waals surface area (Å²) in [7, 11) is 0. The number of aliphatic hydroxyl groups excluding tert-OH is 1. The summed E-state index contributed by atoms with van der Waals surface area (Å²) < 4.78 is 5.87. The van der Waals surface area contributed by atoms with E-state index in [1.807, 2.05) is 4.90 Å². The maximum absolute atomic E-state index is 12.0. The molecule has 0 atom stereocenters. The normalized spacial score (nSPS) is 22.0. The molecule has 0 unspecified atom stereocenters. The van der Waals surface area contributed by atoms with Crippen LogP contribution in [0, 0.1) is 5.92 Å². The Morgan fingerprint density at radius 3 is 2.38 bits per heavy atom. The molecular weight excluding hydrogens is 268 g/mol. The van der Waals surface area contributed by atoms with E-state index in [2.05, 4.69) is 5.32 Å². The number of hydrogen-bond acceptors (Lipinski definition) is 3. The van der Waals surface area contributed by atoms with Crippen LogP contribution in [0.15, 0.2) is 0 Å². The molecule has 0 aromatic heterocycles. The Balaban J connectivity index is 1.54. The van der Waals surface area contributed by atoms with Gasteiger partial charge in [0.25, 0.3) is 0 Å². The van der Waals surface area contributed by atoms with Crippen molar-refractivity contribution in [2.45, 2.75) is 57.5 Å². The molecule has 122 valence electrons. The Hall–Kier alpha value is -0.810. The van der Waals surface area contributed by atoms with E-state index in [4.69, 9.17) is 9.84 Å². The fourth-order valence-corrected chi connectivity index (χ4v) is 3.22. The maximum atomic E-state index is 12.0. The molecule has 0 spiro atoms. The predicted octanol–water partition coefficient (Wildman–Crippen LogP) is 2.14. The van der Waals surface area contributed by atoms with Gasteiger partial charge >= 0.3 is 6.03 Å². The van der Waals surface area contributed by atoms with Crippen molar-refractivity contribution >= 4 is 6.03 Å². The first-order valence-corrected chi connectivity index (χ1v) is 8.55. The molecule has 1 heterocycles. The molecule has 2 aliphatic rings. The van der Waals surface area contributed by atoms with Gasteiger partial charge < -0.3 is 20.1 Å². The van der Waals surface area contributed by atoms with Gasteiger partial charge in [-0.15, -0.1) is 0 Å². The fourth-order valence-electron chi connectivity index (χ4n) is 3.22. The zero-order valence-corrected chi connectivity index (χ0v) is 13.1. The Kier molecular flexibility index (Phi) is 7.30. The van der Waals surface area contributed by atoms with Crippen molar-refractivity contribution < 1.29 is 14.6 Å². The second kappa shape index (κ2) is 9.26. The summed E-state index contributed by atoms with van der Waals surface area (Å²) in [6, 6.07) is 0.0101. The minimum atomic E-state index is 0.0101. The van der Waals surface area contributed by atoms with E-state index in [1.165, 1.54) is 38.5 Å². The lowest BCUT2D eigenvalue weighted by molar-refractivity contribution is 0.0451. The third-order valence-corrected chi connectivity index (χ3v) is 4.69. The third kappa shape index (κ3) is 5.83. The molecule has 2 fully saturated rings. The summed E-state index contributed by atoms with van der Waals surface area (Å²) in [4.78, 5) is 13.8. The third-order valence-electron chi connectivity index (χ3n) is 4.69. The van der Waals surface area contributed by atoms with Crippen molar-refractivity contribution in [3.05, 3.63) is 0 Å². The highest BCUT2D eigenvalue weighted by Gasteiger charge is 2.21. The zero-order valence-electron chi connectivity index (χ0n) is 13.1. The number of nitrogens with one attached hydrogen (secondary N) is 1. The van der Waals surface area contributed by atoms with Gasteiger partial charge in [0, 0.05) is 26.2 Å². The van der Waals surface area contributed by atoms with E-state index in [9.17, 15) is 4.79 Å². The van der Waals surface area contributed by atoms with Gasteiger partial charge in [-0.2, -0.15) is 0 Å². The number of hydrogen-bond donors (Lipinski definition) is 2. The number of carbonyl (C=O) groups is 1. The van der Waals surface area contributed by atoms with Crippen LogP contribution in [0.4, 0.5) is 4.79 Å². The van der Waals surface area contributed by atoms with Crippen LogP contribution in [-0.2, 0) is 4.74 Å². The van der Waals surface area contributed by atoms with Crippen LogP contribution in [0.1, 0.15) is 51.4 Å². The SMILES string of the molecule is O=C(NCCOC1CCCCCC1)N1CCC(CO)CC1. The van der Waals surface area contributed by atoms with Crippen LogP contribution >= 0.6 is 0 Å². The van der Waals surface area contributed by atoms with E-state index in [0.29, 0.717) is 25.2 Å². The van der Waals surface area contributed by atoms with Gasteiger partial charge in [-0.1, -0.05) is 25.7 Å². The molecule has 2 amide bonds. The quantitative estimate of drug-likeness (QED) is 0.604. The monoisotopic (exact) mass is 298 g/mol. The number of aliphatic hydroxyl groups is 1. The molecule has 1 aliphatic carbocycles. The van der Waals surface area contributed by atoms with Crippen LogP contribution in [0.5, 0.6) is 0 Å². The van der Waals surface area contributed by atoms with Gasteiger partial charge in [0.15, 0.2) is 0 Å². The molecule has 0 radical (unpaired) electrons. The van der Waals surface area contributed by atoms with Crippen LogP contribution in [-0.4, -0.2) is 55.0 Å². The Morgan fingerprint density at radius 2 is 1.76 bits per heavy atom. The van der Waals surface area contributed by atoms with Gasteiger partial charge in [-0.25, -0.2) is 4.79 Å². The molecule has 1 saturated carbocycles. The molecule has 5 heteroatoms. The van der Waals surface area contributed by atoms with Crippen molar-refractivity contribution in [3.8, 4) is 0 Å². The molecule has 5 nitrogen and oxygen atoms in total. The zero-order chi connectivity index (χ0) is 14.9. The maximum Gasteiger partial charge on any atom is 0.317 e. The lowest BCUT2D eigenvalue weighted by Gasteiger charge is -2.31. The summed E-state index contributed by atoms with van der Waals surface area (Å²) in [6.45, 7) is 2.95. The molecular formula is C16H30N2O3. The lowest BCUT2D eigenvalue weighted by atomic mass is 9.98. The number of piperidine rings is 1. The lowest BCUT2D eigenvalue weighted by Crippen LogP contribution is -2.45. The minimum Gasteiger partial charge on any atom is -0.396 e. The fraction of sp³-hybridized carbons (Fsp3) is 0.938. The summed E-state index contributed by atoms with van der Waals surface area (Å²) in [6.07, 6.45) is 9.76. The highest BCUT2D eigenvalue weighted by atomic mass is 16.5. The van der Waals surface area contributed by atoms with Crippen molar-refractivity contribution in [1.29, 1.82) is 0 Å². The number of likely N-dealkylation sites (tertiary alicyclic amines) is 1. The highest BCUT2D eigenvalue weighted by Crippen LogP contribution is 2.19. The van der Waals surface area contributed by atoms with Crippen molar-refractivity contribution in [2.24, 2.45) is 5.92 Å². The van der Waals surface area contributed by atoms with Crippen LogP contribution < -0.4 is 5.32 Å². The average molecular weight is 298 g/mol. The Labute approximate surface area is 128 Å². The van der Waals surface area contributed by atoms with Gasteiger partial charge in [-0.3, -0.25) is 0 Å². The number of amides is 2. The average Bonchev–Trinajstić information content (AvgIpc) is 2.80. The molecule has 2 rings (SSSR count). The summed E-state index contributed by atoms with van der Waals surface area (Å²) in [5.74, 6) is 0.368. The van der Waals surface area contributed by atoms with Crippen LogP contribution in [0.25, 0.3) is 0 Å². The van der Waals surface area contributed by atoms with Gasteiger partial charge in [-0.05, 0) is 31.6 Å². The van der Waals surface area contributed by atoms with Crippen LogP contribution in [0.2, 0.25) is 0 Å². The number of carbonyl (C=O) groups excluding carboxylic acids is 1. The number of ether oxygens (including phenoxy) is 1. The molecule has 0 aromatic rings. The number of urea groups is 1. The van der Waals surface area contributed by atoms with Crippen molar-refractivity contribution in [3.63, 3.8) is 0 Å². The first-order valence-electron chi connectivity index (χ1n) is 8.55. The molecule has 2 N–H and O–H groups in total. The number of rotatable bonds is 5. The molecule has 0 bridgehead atoms. The Bertz CT molecular complexity index is 296. The predicted molar refractivity (Wildman–Crippen MR) is 82.2 cm³/mol. The number of nitrogens with zero attached hydrogens (tertiary/aromatic N) is 1. The van der Waals surface area contributed by atoms with Crippen LogP contribution in [0.3, 0.4) is 0 Å². The van der Waals surface area contributed by atoms with Gasteiger partial charge in [0.05, 0.1) is 12.7 Å². The molecule has 1 aliphatic heterocycles. The Morgan fingerprint density at radius 1 is 1.10 bits per heavy atom. The minimum absolute atomic E-state index is 0.0101. The second-order valence-electron chi connectivity index (χ2n) is 6.33. The smallest absolute Gasteiger partial charge is 0.317 e. The van der Waals surface area contributed by atoms with Crippen molar-refractivity contribution in [2.75, 3.05) is 32.8 Å². The highest BCUT2D eigenvalue weighted by molar-refractivity contribution is 5.74. The summed E-state index contributed by atoms with van der Waals surface area (Å²) in [5, 5.41) is 12.0. The standard InChI is InChI=1S/C16H30N2O3/c19-13-14-7-10-18(11-8-14)16(20)17-9-12-21-15-5-3-1-2-4-6-15/h14-15,19H,1-13H2,(H,17,20). The summed E-state index contributed by atoms with van der Waals surface area (Å²) in [5.41, 5.74) is 0. The van der Waals surface area contributed by atoms with Gasteiger partial charge in [0.2, 0.25) is 0 Å². The van der Waals surface area contributed by atoms with Gasteiger partial charge in [0.1, 0.15) is 0 Å². The first-order chi connectivity index (χ1) is 10.3. The van der Waals surface area contributed by atoms with E-state index in [1.54, 1.807) is 0 Å². The topological polar surface area (TPSA) is 61.8 Å². The van der Waals surface area contributed by atoms with E-state index in [-0.39, 0.29) is 12.6 Å². The molecule has 21 heavy (non-hydrogen) atoms. The van der Waals surface area contributed by atoms with Crippen molar-refractivity contribution in [1.82, 2.24) is 10.2 Å². The van der Waals surface area contributed by atoms with E-state index < -0.39 is 0 Å². The first kappa shape index (κ1) is 16.6.